The smallest absolute Gasteiger partial charge is 0.303 e. The Morgan fingerprint density at radius 3 is 2.65 bits per heavy atom. The Hall–Kier alpha value is -1.40. The molecule has 0 saturated carbocycles. The summed E-state index contributed by atoms with van der Waals surface area (Å²) < 4.78 is 11.0. The van der Waals surface area contributed by atoms with Gasteiger partial charge in [-0.2, -0.15) is 0 Å². The zero-order valence-electron chi connectivity index (χ0n) is 13.0. The van der Waals surface area contributed by atoms with E-state index in [9.17, 15) is 9.59 Å². The van der Waals surface area contributed by atoms with Crippen molar-refractivity contribution in [3.8, 4) is 11.8 Å². The van der Waals surface area contributed by atoms with Crippen molar-refractivity contribution in [2.45, 2.75) is 33.0 Å². The summed E-state index contributed by atoms with van der Waals surface area (Å²) in [5, 5.41) is 8.63. The number of nitrogens with zero attached hydrogens (tertiary/aromatic N) is 1. The van der Waals surface area contributed by atoms with Crippen LogP contribution in [0.5, 0.6) is 0 Å². The predicted molar refractivity (Wildman–Crippen MR) is 91.7 cm³/mol. The van der Waals surface area contributed by atoms with Crippen LogP contribution in [0.2, 0.25) is 0 Å². The largest absolute Gasteiger partial charge is 0.481 e. The number of hydrogen-bond donors (Lipinski definition) is 1. The van der Waals surface area contributed by atoms with Gasteiger partial charge in [-0.3, -0.25) is 14.5 Å². The average molecular weight is 357 g/mol. The van der Waals surface area contributed by atoms with E-state index in [1.165, 1.54) is 11.0 Å². The Morgan fingerprint density at radius 1 is 1.43 bits per heavy atom. The number of aliphatic carboxylic acids is 1. The highest BCUT2D eigenvalue weighted by molar-refractivity contribution is 8.26. The second-order valence-electron chi connectivity index (χ2n) is 4.36. The highest BCUT2D eigenvalue weighted by Gasteiger charge is 2.31. The molecule has 0 aliphatic carbocycles. The van der Waals surface area contributed by atoms with Crippen LogP contribution in [0.25, 0.3) is 0 Å². The summed E-state index contributed by atoms with van der Waals surface area (Å²) in [6, 6.07) is 0. The zero-order valence-corrected chi connectivity index (χ0v) is 14.7. The van der Waals surface area contributed by atoms with E-state index in [0.717, 1.165) is 11.8 Å². The molecular weight excluding hydrogens is 338 g/mol. The first-order valence-electron chi connectivity index (χ1n) is 7.19. The number of hydrogen-bond acceptors (Lipinski definition) is 6. The van der Waals surface area contributed by atoms with E-state index >= 15 is 0 Å². The number of carboxylic acid groups (broad SMARTS) is 1. The molecule has 0 aromatic carbocycles. The molecule has 1 aliphatic rings. The van der Waals surface area contributed by atoms with Gasteiger partial charge in [0.05, 0.1) is 4.91 Å². The fourth-order valence-corrected chi connectivity index (χ4v) is 2.92. The highest BCUT2D eigenvalue weighted by atomic mass is 32.2. The van der Waals surface area contributed by atoms with Crippen LogP contribution in [-0.2, 0) is 19.1 Å². The predicted octanol–water partition coefficient (Wildman–Crippen LogP) is 2.00. The molecule has 1 saturated heterocycles. The Labute approximate surface area is 145 Å². The van der Waals surface area contributed by atoms with Crippen LogP contribution < -0.4 is 0 Å². The van der Waals surface area contributed by atoms with Crippen molar-refractivity contribution in [1.82, 2.24) is 4.90 Å². The number of ether oxygens (including phenoxy) is 2. The van der Waals surface area contributed by atoms with Gasteiger partial charge < -0.3 is 14.6 Å². The van der Waals surface area contributed by atoms with Gasteiger partial charge in [0.1, 0.15) is 4.32 Å². The summed E-state index contributed by atoms with van der Waals surface area (Å²) in [5.74, 6) is 4.40. The topological polar surface area (TPSA) is 76.1 Å². The monoisotopic (exact) mass is 357 g/mol. The number of rotatable bonds is 8. The molecule has 0 aromatic rings. The quantitative estimate of drug-likeness (QED) is 0.308. The van der Waals surface area contributed by atoms with Crippen LogP contribution in [-0.4, -0.2) is 52.3 Å². The summed E-state index contributed by atoms with van der Waals surface area (Å²) in [5.41, 5.74) is 0. The maximum absolute atomic E-state index is 12.2. The second-order valence-corrected chi connectivity index (χ2v) is 6.04. The number of thiocarbonyl (C=S) groups is 1. The molecule has 1 heterocycles. The normalized spacial score (nSPS) is 16.1. The summed E-state index contributed by atoms with van der Waals surface area (Å²) in [6.07, 6.45) is 1.22. The van der Waals surface area contributed by atoms with Gasteiger partial charge in [-0.15, -0.1) is 0 Å². The molecule has 1 N–H and O–H groups in total. The second kappa shape index (κ2) is 10.4. The van der Waals surface area contributed by atoms with Crippen LogP contribution >= 0.6 is 24.0 Å². The molecule has 1 aliphatic heterocycles. The van der Waals surface area contributed by atoms with Crippen LogP contribution in [0.4, 0.5) is 0 Å². The van der Waals surface area contributed by atoms with Gasteiger partial charge in [0.25, 0.3) is 5.91 Å². The molecule has 1 rings (SSSR count). The summed E-state index contributed by atoms with van der Waals surface area (Å²) >= 11 is 6.30. The summed E-state index contributed by atoms with van der Waals surface area (Å²) in [6.45, 7) is 4.93. The van der Waals surface area contributed by atoms with E-state index in [1.807, 2.05) is 13.8 Å². The van der Waals surface area contributed by atoms with E-state index in [1.54, 1.807) is 0 Å². The summed E-state index contributed by atoms with van der Waals surface area (Å²) in [4.78, 5) is 24.5. The lowest BCUT2D eigenvalue weighted by molar-refractivity contribution is -0.137. The molecule has 0 spiro atoms. The van der Waals surface area contributed by atoms with E-state index in [4.69, 9.17) is 26.8 Å². The first-order chi connectivity index (χ1) is 11.0. The first-order valence-corrected chi connectivity index (χ1v) is 8.41. The van der Waals surface area contributed by atoms with Crippen LogP contribution in [0, 0.1) is 11.8 Å². The molecule has 1 fully saturated rings. The van der Waals surface area contributed by atoms with Gasteiger partial charge >= 0.3 is 5.97 Å². The molecule has 8 heteroatoms. The maximum Gasteiger partial charge on any atom is 0.303 e. The van der Waals surface area contributed by atoms with Crippen molar-refractivity contribution >= 4 is 40.2 Å². The Kier molecular flexibility index (Phi) is 8.87. The summed E-state index contributed by atoms with van der Waals surface area (Å²) in [7, 11) is 0. The highest BCUT2D eigenvalue weighted by Crippen LogP contribution is 2.30. The zero-order chi connectivity index (χ0) is 17.2. The minimum atomic E-state index is -0.894. The van der Waals surface area contributed by atoms with Crippen LogP contribution in [0.3, 0.4) is 0 Å². The molecule has 0 bridgehead atoms. The minimum Gasteiger partial charge on any atom is -0.481 e. The molecule has 126 valence electrons. The molecule has 0 unspecified atom stereocenters. The Bertz CT molecular complexity index is 544. The first kappa shape index (κ1) is 19.6. The van der Waals surface area contributed by atoms with Crippen LogP contribution in [0.15, 0.2) is 11.0 Å². The number of carboxylic acids is 1. The van der Waals surface area contributed by atoms with Gasteiger partial charge in [0, 0.05) is 32.3 Å². The van der Waals surface area contributed by atoms with E-state index in [-0.39, 0.29) is 12.3 Å². The van der Waals surface area contributed by atoms with E-state index in [0.29, 0.717) is 35.4 Å². The molecular formula is C15H19NO5S2. The van der Waals surface area contributed by atoms with Crippen molar-refractivity contribution in [2.24, 2.45) is 0 Å². The molecule has 0 atom stereocenters. The van der Waals surface area contributed by atoms with Gasteiger partial charge in [0.2, 0.25) is 6.29 Å². The van der Waals surface area contributed by atoms with Crippen molar-refractivity contribution in [1.29, 1.82) is 0 Å². The van der Waals surface area contributed by atoms with Crippen molar-refractivity contribution in [3.63, 3.8) is 0 Å². The van der Waals surface area contributed by atoms with Crippen molar-refractivity contribution in [3.05, 3.63) is 11.0 Å². The Balaban J connectivity index is 2.66. The standard InChI is InChI=1S/C15H19NO5S2/c1-3-20-13(21-4-2)9-5-7-11-14(19)16(15(22)23-11)10-6-8-12(17)18/h7,13H,3-4,6,8,10H2,1-2H3,(H,17,18). The van der Waals surface area contributed by atoms with Crippen molar-refractivity contribution < 1.29 is 24.2 Å². The Morgan fingerprint density at radius 2 is 2.09 bits per heavy atom. The van der Waals surface area contributed by atoms with Crippen molar-refractivity contribution in [2.75, 3.05) is 19.8 Å². The molecule has 6 nitrogen and oxygen atoms in total. The fraction of sp³-hybridized carbons (Fsp3) is 0.533. The van der Waals surface area contributed by atoms with E-state index < -0.39 is 12.3 Å². The van der Waals surface area contributed by atoms with Gasteiger partial charge in [-0.05, 0) is 26.2 Å². The third-order valence-corrected chi connectivity index (χ3v) is 4.06. The molecule has 1 amide bonds. The lowest BCUT2D eigenvalue weighted by Crippen LogP contribution is -2.29. The number of carbonyl (C=O) groups excluding carboxylic acids is 1. The fourth-order valence-electron chi connectivity index (χ4n) is 1.69. The number of carbonyl (C=O) groups is 2. The maximum atomic E-state index is 12.2. The minimum absolute atomic E-state index is 0.000304. The van der Waals surface area contributed by atoms with Gasteiger partial charge in [-0.25, -0.2) is 0 Å². The van der Waals surface area contributed by atoms with Gasteiger partial charge in [0.15, 0.2) is 0 Å². The lowest BCUT2D eigenvalue weighted by atomic mass is 10.3. The number of thioether (sulfide) groups is 1. The van der Waals surface area contributed by atoms with Crippen LogP contribution in [0.1, 0.15) is 26.7 Å². The third kappa shape index (κ3) is 6.71. The number of allylic oxidation sites excluding steroid dienone is 1. The molecule has 0 radical (unpaired) electrons. The van der Waals surface area contributed by atoms with E-state index in [2.05, 4.69) is 11.8 Å². The SMILES string of the molecule is CCOC(C#CC=C1SC(=S)N(CCCC(=O)O)C1=O)OCC. The molecule has 23 heavy (non-hydrogen) atoms. The van der Waals surface area contributed by atoms with Gasteiger partial charge in [-0.1, -0.05) is 29.9 Å². The third-order valence-electron chi connectivity index (χ3n) is 2.69. The average Bonchev–Trinajstić information content (AvgIpc) is 2.75. The number of amides is 1. The molecule has 0 aromatic heterocycles. The lowest BCUT2D eigenvalue weighted by Gasteiger charge is -2.12.